The Morgan fingerprint density at radius 2 is 1.79 bits per heavy atom. The SMILES string of the molecule is CN[C@@H]1[C@@H](O)[C@@H](O[C@H]2[C@H](O)[C@@H](O[C@H]3O[C@H](CN)CC[C@H]3N)[C@@H](N)C[C@H]2NC(C)=O)OC[C@]1(C)O. The number of aliphatic hydroxyl groups excluding tert-OH is 2. The highest BCUT2D eigenvalue weighted by molar-refractivity contribution is 5.73. The molecule has 3 fully saturated rings. The van der Waals surface area contributed by atoms with E-state index in [1.807, 2.05) is 0 Å². The molecule has 0 bridgehead atoms. The van der Waals surface area contributed by atoms with Gasteiger partial charge in [0, 0.05) is 19.5 Å². The Hall–Kier alpha value is -0.970. The van der Waals surface area contributed by atoms with Gasteiger partial charge in [0.2, 0.25) is 5.91 Å². The van der Waals surface area contributed by atoms with Gasteiger partial charge in [0.25, 0.3) is 0 Å². The lowest BCUT2D eigenvalue weighted by Gasteiger charge is -2.49. The second kappa shape index (κ2) is 11.4. The van der Waals surface area contributed by atoms with E-state index in [1.54, 1.807) is 7.05 Å². The predicted molar refractivity (Wildman–Crippen MR) is 120 cm³/mol. The van der Waals surface area contributed by atoms with Crippen LogP contribution < -0.4 is 27.8 Å². The standard InChI is InChI=1S/C21H41N5O8/c1-9(27)26-13-6-12(24)16(33-19-11(23)5-4-10(7-22)32-19)14(28)17(13)34-20-15(29)18(25-3)21(2,30)8-31-20/h10-20,25,28-30H,4-8,22-24H2,1-3H3,(H,26,27)/t10-,11+,12-,13+,14+,15+,16-,17+,18+,19+,20+,21-/m0/s1. The van der Waals surface area contributed by atoms with Crippen LogP contribution in [0.2, 0.25) is 0 Å². The van der Waals surface area contributed by atoms with Gasteiger partial charge in [-0.2, -0.15) is 0 Å². The Labute approximate surface area is 199 Å². The van der Waals surface area contributed by atoms with Gasteiger partial charge in [-0.15, -0.1) is 0 Å². The van der Waals surface area contributed by atoms with Gasteiger partial charge in [0.05, 0.1) is 30.8 Å². The first-order valence-electron chi connectivity index (χ1n) is 11.8. The first-order chi connectivity index (χ1) is 16.0. The van der Waals surface area contributed by atoms with Gasteiger partial charge >= 0.3 is 0 Å². The molecule has 0 unspecified atom stereocenters. The summed E-state index contributed by atoms with van der Waals surface area (Å²) in [6.07, 6.45) is -5.14. The average molecular weight is 492 g/mol. The summed E-state index contributed by atoms with van der Waals surface area (Å²) in [6.45, 7) is 3.09. The highest BCUT2D eigenvalue weighted by Gasteiger charge is 2.51. The summed E-state index contributed by atoms with van der Waals surface area (Å²) >= 11 is 0. The highest BCUT2D eigenvalue weighted by atomic mass is 16.7. The lowest BCUT2D eigenvalue weighted by molar-refractivity contribution is -0.307. The molecular formula is C21H41N5O8. The minimum atomic E-state index is -1.34. The quantitative estimate of drug-likeness (QED) is 0.172. The Morgan fingerprint density at radius 3 is 2.41 bits per heavy atom. The molecule has 0 spiro atoms. The topological polar surface area (TPSA) is 217 Å². The van der Waals surface area contributed by atoms with Crippen molar-refractivity contribution < 1.29 is 39.1 Å². The van der Waals surface area contributed by atoms with Crippen molar-refractivity contribution in [1.29, 1.82) is 0 Å². The van der Waals surface area contributed by atoms with E-state index in [4.69, 9.17) is 36.1 Å². The van der Waals surface area contributed by atoms with E-state index in [1.165, 1.54) is 13.8 Å². The van der Waals surface area contributed by atoms with Crippen LogP contribution in [0.5, 0.6) is 0 Å². The molecule has 2 heterocycles. The minimum absolute atomic E-state index is 0.113. The van der Waals surface area contributed by atoms with Crippen LogP contribution in [0.4, 0.5) is 0 Å². The van der Waals surface area contributed by atoms with Crippen molar-refractivity contribution in [2.75, 3.05) is 20.2 Å². The Morgan fingerprint density at radius 1 is 1.12 bits per heavy atom. The molecule has 0 aromatic carbocycles. The number of aliphatic hydroxyl groups is 3. The second-order valence-electron chi connectivity index (χ2n) is 9.80. The molecule has 1 saturated carbocycles. The van der Waals surface area contributed by atoms with E-state index in [0.29, 0.717) is 19.4 Å². The Balaban J connectivity index is 1.77. The number of hydrogen-bond acceptors (Lipinski definition) is 12. The molecule has 1 aliphatic carbocycles. The van der Waals surface area contributed by atoms with E-state index in [9.17, 15) is 20.1 Å². The predicted octanol–water partition coefficient (Wildman–Crippen LogP) is -3.80. The van der Waals surface area contributed by atoms with Gasteiger partial charge in [-0.25, -0.2) is 0 Å². The summed E-state index contributed by atoms with van der Waals surface area (Å²) in [4.78, 5) is 11.8. The van der Waals surface area contributed by atoms with E-state index in [2.05, 4.69) is 10.6 Å². The van der Waals surface area contributed by atoms with Crippen molar-refractivity contribution in [1.82, 2.24) is 10.6 Å². The Bertz CT molecular complexity index is 688. The molecule has 12 atom stereocenters. The number of carbonyl (C=O) groups excluding carboxylic acids is 1. The van der Waals surface area contributed by atoms with Crippen LogP contribution in [-0.4, -0.2) is 114 Å². The van der Waals surface area contributed by atoms with Crippen LogP contribution >= 0.6 is 0 Å². The van der Waals surface area contributed by atoms with Crippen molar-refractivity contribution in [3.8, 4) is 0 Å². The average Bonchev–Trinajstić information content (AvgIpc) is 2.76. The lowest BCUT2D eigenvalue weighted by atomic mass is 9.83. The third-order valence-corrected chi connectivity index (χ3v) is 6.89. The molecular weight excluding hydrogens is 450 g/mol. The monoisotopic (exact) mass is 491 g/mol. The third-order valence-electron chi connectivity index (χ3n) is 6.89. The van der Waals surface area contributed by atoms with Crippen molar-refractivity contribution in [3.05, 3.63) is 0 Å². The summed E-state index contributed by atoms with van der Waals surface area (Å²) in [6, 6.07) is -2.51. The van der Waals surface area contributed by atoms with Crippen molar-refractivity contribution in [2.45, 2.75) is 106 Å². The number of likely N-dealkylation sites (N-methyl/N-ethyl adjacent to an activating group) is 1. The maximum atomic E-state index is 11.8. The van der Waals surface area contributed by atoms with Gasteiger partial charge in [-0.1, -0.05) is 0 Å². The highest BCUT2D eigenvalue weighted by Crippen LogP contribution is 2.32. The van der Waals surface area contributed by atoms with Crippen molar-refractivity contribution in [2.24, 2.45) is 17.2 Å². The molecule has 11 N–H and O–H groups in total. The molecule has 3 aliphatic rings. The summed E-state index contributed by atoms with van der Waals surface area (Å²) in [5.74, 6) is -0.332. The zero-order valence-corrected chi connectivity index (χ0v) is 20.0. The van der Waals surface area contributed by atoms with Gasteiger partial charge < -0.3 is 62.1 Å². The fraction of sp³-hybridized carbons (Fsp3) is 0.952. The smallest absolute Gasteiger partial charge is 0.217 e. The zero-order chi connectivity index (χ0) is 25.2. The molecule has 34 heavy (non-hydrogen) atoms. The van der Waals surface area contributed by atoms with Crippen LogP contribution in [-0.2, 0) is 23.7 Å². The molecule has 2 aliphatic heterocycles. The molecule has 3 rings (SSSR count). The van der Waals surface area contributed by atoms with E-state index in [0.717, 1.165) is 0 Å². The largest absolute Gasteiger partial charge is 0.388 e. The van der Waals surface area contributed by atoms with Crippen LogP contribution in [0.1, 0.15) is 33.1 Å². The minimum Gasteiger partial charge on any atom is -0.388 e. The third kappa shape index (κ3) is 6.05. The lowest BCUT2D eigenvalue weighted by Crippen LogP contribution is -2.69. The number of nitrogens with two attached hydrogens (primary N) is 3. The fourth-order valence-corrected chi connectivity index (χ4v) is 5.05. The van der Waals surface area contributed by atoms with Crippen molar-refractivity contribution >= 4 is 5.91 Å². The normalized spacial score (nSPS) is 47.9. The molecule has 13 nitrogen and oxygen atoms in total. The van der Waals surface area contributed by atoms with E-state index >= 15 is 0 Å². The molecule has 0 aromatic rings. The summed E-state index contributed by atoms with van der Waals surface area (Å²) in [5, 5.41) is 38.2. The van der Waals surface area contributed by atoms with Crippen LogP contribution in [0, 0.1) is 0 Å². The maximum absolute atomic E-state index is 11.8. The summed E-state index contributed by atoms with van der Waals surface area (Å²) in [5.41, 5.74) is 16.9. The second-order valence-corrected chi connectivity index (χ2v) is 9.80. The Kier molecular flexibility index (Phi) is 9.25. The number of hydrogen-bond donors (Lipinski definition) is 8. The summed E-state index contributed by atoms with van der Waals surface area (Å²) in [7, 11) is 1.60. The van der Waals surface area contributed by atoms with Crippen LogP contribution in [0.25, 0.3) is 0 Å². The number of ether oxygens (including phenoxy) is 4. The number of carbonyl (C=O) groups is 1. The van der Waals surface area contributed by atoms with Crippen LogP contribution in [0.3, 0.4) is 0 Å². The van der Waals surface area contributed by atoms with Gasteiger partial charge in [0.1, 0.15) is 30.0 Å². The fourth-order valence-electron chi connectivity index (χ4n) is 5.05. The van der Waals surface area contributed by atoms with Crippen molar-refractivity contribution in [3.63, 3.8) is 0 Å². The van der Waals surface area contributed by atoms with E-state index < -0.39 is 66.8 Å². The van der Waals surface area contributed by atoms with Gasteiger partial charge in [-0.3, -0.25) is 4.79 Å². The molecule has 1 amide bonds. The number of nitrogens with one attached hydrogen (secondary N) is 2. The van der Waals surface area contributed by atoms with Crippen LogP contribution in [0.15, 0.2) is 0 Å². The maximum Gasteiger partial charge on any atom is 0.217 e. The first kappa shape index (κ1) is 27.6. The molecule has 0 aromatic heterocycles. The molecule has 2 saturated heterocycles. The number of rotatable bonds is 7. The number of amides is 1. The summed E-state index contributed by atoms with van der Waals surface area (Å²) < 4.78 is 23.5. The van der Waals surface area contributed by atoms with Gasteiger partial charge in [0.15, 0.2) is 12.6 Å². The zero-order valence-electron chi connectivity index (χ0n) is 20.0. The molecule has 198 valence electrons. The molecule has 13 heteroatoms. The van der Waals surface area contributed by atoms with Gasteiger partial charge in [-0.05, 0) is 33.2 Å². The van der Waals surface area contributed by atoms with E-state index in [-0.39, 0.29) is 25.0 Å². The molecule has 0 radical (unpaired) electrons. The first-order valence-corrected chi connectivity index (χ1v) is 11.8.